The van der Waals surface area contributed by atoms with Crippen molar-refractivity contribution in [3.8, 4) is 5.75 Å². The normalized spacial score (nSPS) is 10.2. The van der Waals surface area contributed by atoms with Gasteiger partial charge in [-0.3, -0.25) is 0 Å². The molecule has 2 aromatic rings. The van der Waals surface area contributed by atoms with Crippen LogP contribution in [0.2, 0.25) is 0 Å². The van der Waals surface area contributed by atoms with Gasteiger partial charge in [0.1, 0.15) is 6.33 Å². The molecular formula is C16H22N4O. The number of anilines is 3. The molecule has 0 saturated heterocycles. The smallest absolute Gasteiger partial charge is 0.204 e. The fourth-order valence-electron chi connectivity index (χ4n) is 2.18. The number of nitrogens with one attached hydrogen (secondary N) is 1. The van der Waals surface area contributed by atoms with Crippen molar-refractivity contribution >= 4 is 17.3 Å². The van der Waals surface area contributed by atoms with Crippen molar-refractivity contribution in [2.24, 2.45) is 0 Å². The molecule has 0 aliphatic heterocycles. The molecule has 1 heterocycles. The molecule has 0 amide bonds. The number of hydrogen-bond donors (Lipinski definition) is 1. The van der Waals surface area contributed by atoms with Gasteiger partial charge in [0.15, 0.2) is 11.6 Å². The van der Waals surface area contributed by atoms with Crippen LogP contribution in [0.3, 0.4) is 0 Å². The third kappa shape index (κ3) is 3.42. The van der Waals surface area contributed by atoms with Crippen LogP contribution >= 0.6 is 0 Å². The summed E-state index contributed by atoms with van der Waals surface area (Å²) in [7, 11) is 1.65. The van der Waals surface area contributed by atoms with Gasteiger partial charge >= 0.3 is 0 Å². The zero-order valence-electron chi connectivity index (χ0n) is 12.8. The second-order valence-electron chi connectivity index (χ2n) is 4.59. The predicted octanol–water partition coefficient (Wildman–Crippen LogP) is 3.47. The number of aromatic nitrogens is 2. The molecule has 1 aromatic heterocycles. The van der Waals surface area contributed by atoms with E-state index >= 15 is 0 Å². The van der Waals surface area contributed by atoms with E-state index < -0.39 is 0 Å². The molecule has 0 atom stereocenters. The lowest BCUT2D eigenvalue weighted by Gasteiger charge is -2.24. The zero-order valence-corrected chi connectivity index (χ0v) is 12.8. The van der Waals surface area contributed by atoms with Gasteiger partial charge in [-0.1, -0.05) is 25.1 Å². The highest BCUT2D eigenvalue weighted by atomic mass is 16.5. The molecule has 0 aliphatic rings. The Morgan fingerprint density at radius 3 is 2.52 bits per heavy atom. The first kappa shape index (κ1) is 15.1. The highest BCUT2D eigenvalue weighted by molar-refractivity contribution is 5.71. The number of ether oxygens (including phenoxy) is 1. The summed E-state index contributed by atoms with van der Waals surface area (Å²) >= 11 is 0. The van der Waals surface area contributed by atoms with Crippen molar-refractivity contribution < 1.29 is 4.74 Å². The van der Waals surface area contributed by atoms with Crippen LogP contribution in [0.4, 0.5) is 17.3 Å². The van der Waals surface area contributed by atoms with Crippen LogP contribution in [0.15, 0.2) is 36.7 Å². The topological polar surface area (TPSA) is 50.3 Å². The van der Waals surface area contributed by atoms with Crippen molar-refractivity contribution in [3.63, 3.8) is 0 Å². The van der Waals surface area contributed by atoms with Crippen LogP contribution in [0.5, 0.6) is 5.75 Å². The first-order valence-corrected chi connectivity index (χ1v) is 7.27. The van der Waals surface area contributed by atoms with Crippen molar-refractivity contribution in [3.05, 3.63) is 36.7 Å². The van der Waals surface area contributed by atoms with Crippen LogP contribution < -0.4 is 15.0 Å². The summed E-state index contributed by atoms with van der Waals surface area (Å²) in [5.41, 5.74) is 1.08. The van der Waals surface area contributed by atoms with Gasteiger partial charge in [0, 0.05) is 18.8 Å². The Morgan fingerprint density at radius 1 is 1.14 bits per heavy atom. The summed E-state index contributed by atoms with van der Waals surface area (Å²) in [5.74, 6) is 2.19. The number of rotatable bonds is 7. The minimum Gasteiger partial charge on any atom is -0.490 e. The third-order valence-electron chi connectivity index (χ3n) is 3.17. The van der Waals surface area contributed by atoms with Crippen LogP contribution in [-0.4, -0.2) is 30.2 Å². The molecule has 5 nitrogen and oxygen atoms in total. The molecule has 21 heavy (non-hydrogen) atoms. The molecule has 0 unspecified atom stereocenters. The third-order valence-corrected chi connectivity index (χ3v) is 3.17. The van der Waals surface area contributed by atoms with E-state index in [-0.39, 0.29) is 0 Å². The fourth-order valence-corrected chi connectivity index (χ4v) is 2.18. The molecule has 2 rings (SSSR count). The number of benzene rings is 1. The molecule has 0 saturated carbocycles. The highest BCUT2D eigenvalue weighted by Crippen LogP contribution is 2.35. The molecule has 0 spiro atoms. The Labute approximate surface area is 126 Å². The summed E-state index contributed by atoms with van der Waals surface area (Å²) in [4.78, 5) is 10.8. The maximum absolute atomic E-state index is 5.55. The van der Waals surface area contributed by atoms with Gasteiger partial charge in [-0.2, -0.15) is 0 Å². The molecule has 0 radical (unpaired) electrons. The van der Waals surface area contributed by atoms with Gasteiger partial charge in [0.25, 0.3) is 0 Å². The van der Waals surface area contributed by atoms with E-state index in [9.17, 15) is 0 Å². The van der Waals surface area contributed by atoms with Gasteiger partial charge in [0.2, 0.25) is 5.75 Å². The van der Waals surface area contributed by atoms with Crippen molar-refractivity contribution in [2.45, 2.75) is 20.3 Å². The second-order valence-corrected chi connectivity index (χ2v) is 4.59. The molecule has 0 bridgehead atoms. The maximum Gasteiger partial charge on any atom is 0.204 e. The van der Waals surface area contributed by atoms with Gasteiger partial charge < -0.3 is 15.0 Å². The SMILES string of the molecule is CCCNc1ncnc(N(CC)c2ccccc2)c1OC. The second kappa shape index (κ2) is 7.47. The average Bonchev–Trinajstić information content (AvgIpc) is 2.54. The van der Waals surface area contributed by atoms with E-state index in [2.05, 4.69) is 46.2 Å². The van der Waals surface area contributed by atoms with Gasteiger partial charge in [-0.05, 0) is 25.5 Å². The van der Waals surface area contributed by atoms with E-state index in [1.807, 2.05) is 18.2 Å². The molecule has 1 aromatic carbocycles. The lowest BCUT2D eigenvalue weighted by atomic mass is 10.2. The number of hydrogen-bond acceptors (Lipinski definition) is 5. The first-order chi connectivity index (χ1) is 10.3. The average molecular weight is 286 g/mol. The lowest BCUT2D eigenvalue weighted by Crippen LogP contribution is -2.19. The molecule has 5 heteroatoms. The van der Waals surface area contributed by atoms with E-state index in [1.165, 1.54) is 0 Å². The minimum atomic E-state index is 0.677. The Balaban J connectivity index is 2.41. The van der Waals surface area contributed by atoms with Gasteiger partial charge in [-0.25, -0.2) is 9.97 Å². The summed E-state index contributed by atoms with van der Waals surface area (Å²) in [5, 5.41) is 3.28. The summed E-state index contributed by atoms with van der Waals surface area (Å²) in [6, 6.07) is 10.2. The maximum atomic E-state index is 5.55. The summed E-state index contributed by atoms with van der Waals surface area (Å²) in [6.45, 7) is 5.85. The Bertz CT molecular complexity index is 559. The van der Waals surface area contributed by atoms with Gasteiger partial charge in [-0.15, -0.1) is 0 Å². The molecular weight excluding hydrogens is 264 g/mol. The van der Waals surface area contributed by atoms with E-state index in [4.69, 9.17) is 4.74 Å². The fraction of sp³-hybridized carbons (Fsp3) is 0.375. The molecule has 0 fully saturated rings. The van der Waals surface area contributed by atoms with Crippen molar-refractivity contribution in [1.82, 2.24) is 9.97 Å². The number of nitrogens with zero attached hydrogens (tertiary/aromatic N) is 3. The molecule has 112 valence electrons. The van der Waals surface area contributed by atoms with E-state index in [0.29, 0.717) is 5.75 Å². The molecule has 1 N–H and O–H groups in total. The summed E-state index contributed by atoms with van der Waals surface area (Å²) in [6.07, 6.45) is 2.60. The van der Waals surface area contributed by atoms with Crippen molar-refractivity contribution in [2.75, 3.05) is 30.4 Å². The minimum absolute atomic E-state index is 0.677. The Morgan fingerprint density at radius 2 is 1.90 bits per heavy atom. The number of methoxy groups -OCH3 is 1. The summed E-state index contributed by atoms with van der Waals surface area (Å²) < 4.78 is 5.55. The van der Waals surface area contributed by atoms with E-state index in [0.717, 1.165) is 36.8 Å². The largest absolute Gasteiger partial charge is 0.490 e. The van der Waals surface area contributed by atoms with Crippen molar-refractivity contribution in [1.29, 1.82) is 0 Å². The quantitative estimate of drug-likeness (QED) is 0.844. The van der Waals surface area contributed by atoms with Gasteiger partial charge in [0.05, 0.1) is 7.11 Å². The Kier molecular flexibility index (Phi) is 5.37. The van der Waals surface area contributed by atoms with Crippen LogP contribution in [0.1, 0.15) is 20.3 Å². The zero-order chi connectivity index (χ0) is 15.1. The number of para-hydroxylation sites is 1. The lowest BCUT2D eigenvalue weighted by molar-refractivity contribution is 0.413. The molecule has 0 aliphatic carbocycles. The monoisotopic (exact) mass is 286 g/mol. The van der Waals surface area contributed by atoms with Crippen LogP contribution in [0, 0.1) is 0 Å². The van der Waals surface area contributed by atoms with Crippen LogP contribution in [0.25, 0.3) is 0 Å². The van der Waals surface area contributed by atoms with Crippen LogP contribution in [-0.2, 0) is 0 Å². The predicted molar refractivity (Wildman–Crippen MR) is 86.5 cm³/mol. The van der Waals surface area contributed by atoms with E-state index in [1.54, 1.807) is 13.4 Å². The Hall–Kier alpha value is -2.30. The standard InChI is InChI=1S/C16H22N4O/c1-4-11-17-15-14(21-3)16(19-12-18-15)20(5-2)13-9-7-6-8-10-13/h6-10,12H,4-5,11H2,1-3H3,(H,17,18,19). The highest BCUT2D eigenvalue weighted by Gasteiger charge is 2.18. The first-order valence-electron chi connectivity index (χ1n) is 7.27.